The Bertz CT molecular complexity index is 973. The molecule has 1 aliphatic rings. The number of ketones is 1. The van der Waals surface area contributed by atoms with E-state index in [0.29, 0.717) is 0 Å². The number of fused-ring (bicyclic) bond motifs is 1. The van der Waals surface area contributed by atoms with Crippen molar-refractivity contribution in [1.29, 1.82) is 0 Å². The Morgan fingerprint density at radius 3 is 2.56 bits per heavy atom. The van der Waals surface area contributed by atoms with Crippen molar-refractivity contribution in [3.8, 4) is 0 Å². The van der Waals surface area contributed by atoms with E-state index in [0.717, 1.165) is 11.0 Å². The number of rotatable bonds is 6. The molecular weight excluding hydrogens is 354 g/mol. The number of carbonyl (C=O) groups excluding carboxylic acids is 3. The third kappa shape index (κ3) is 3.15. The lowest BCUT2D eigenvalue weighted by Crippen LogP contribution is -2.44. The zero-order valence-corrected chi connectivity index (χ0v) is 14.0. The highest BCUT2D eigenvalue weighted by Crippen LogP contribution is 2.42. The summed E-state index contributed by atoms with van der Waals surface area (Å²) in [4.78, 5) is 47.9. The highest BCUT2D eigenvalue weighted by atomic mass is 16.6. The molecule has 9 heteroatoms. The fourth-order valence-electron chi connectivity index (χ4n) is 3.12. The Hall–Kier alpha value is -3.59. The van der Waals surface area contributed by atoms with Crippen LogP contribution >= 0.6 is 0 Å². The van der Waals surface area contributed by atoms with Crippen LogP contribution in [-0.4, -0.2) is 34.2 Å². The second-order valence-corrected chi connectivity index (χ2v) is 6.14. The summed E-state index contributed by atoms with van der Waals surface area (Å²) in [5, 5.41) is 21.9. The average Bonchev–Trinajstić information content (AvgIpc) is 2.84. The van der Waals surface area contributed by atoms with Crippen LogP contribution in [0.15, 0.2) is 48.5 Å². The Kier molecular flexibility index (Phi) is 4.46. The van der Waals surface area contributed by atoms with Crippen molar-refractivity contribution in [2.75, 3.05) is 11.4 Å². The molecule has 2 amide bonds. The largest absolute Gasteiger partial charge is 0.375 e. The van der Waals surface area contributed by atoms with E-state index in [4.69, 9.17) is 5.73 Å². The molecule has 9 nitrogen and oxygen atoms in total. The van der Waals surface area contributed by atoms with Gasteiger partial charge in [-0.3, -0.25) is 29.4 Å². The van der Waals surface area contributed by atoms with Gasteiger partial charge < -0.3 is 10.8 Å². The van der Waals surface area contributed by atoms with E-state index >= 15 is 0 Å². The minimum absolute atomic E-state index is 0.00347. The van der Waals surface area contributed by atoms with Gasteiger partial charge in [0, 0.05) is 23.3 Å². The number of amides is 2. The van der Waals surface area contributed by atoms with E-state index in [2.05, 4.69) is 0 Å². The number of nitro groups is 1. The van der Waals surface area contributed by atoms with Crippen molar-refractivity contribution in [2.24, 2.45) is 5.73 Å². The molecule has 1 heterocycles. The first kappa shape index (κ1) is 18.2. The van der Waals surface area contributed by atoms with Crippen molar-refractivity contribution < 1.29 is 24.4 Å². The number of nitrogens with zero attached hydrogens (tertiary/aromatic N) is 2. The number of nitro benzene ring substituents is 1. The number of hydrogen-bond acceptors (Lipinski definition) is 6. The maximum absolute atomic E-state index is 12.8. The first-order valence-corrected chi connectivity index (χ1v) is 7.94. The summed E-state index contributed by atoms with van der Waals surface area (Å²) in [5.74, 6) is -2.26. The van der Waals surface area contributed by atoms with Crippen LogP contribution in [-0.2, 0) is 15.2 Å². The lowest BCUT2D eigenvalue weighted by Gasteiger charge is -2.22. The number of nitrogens with two attached hydrogens (primary N) is 1. The van der Waals surface area contributed by atoms with Crippen LogP contribution in [0.3, 0.4) is 0 Å². The molecule has 0 fully saturated rings. The molecule has 2 aromatic carbocycles. The average molecular weight is 369 g/mol. The highest BCUT2D eigenvalue weighted by Gasteiger charge is 2.51. The standard InChI is InChI=1S/C18H15N3O6/c19-16(23)10-20-14-7-2-1-6-13(14)18(25,17(20)24)9-15(22)11-4-3-5-12(8-11)21(26)27/h1-8,25H,9-10H2,(H2,19,23)/t18-/m0/s1. The zero-order chi connectivity index (χ0) is 19.8. The van der Waals surface area contributed by atoms with E-state index in [9.17, 15) is 29.6 Å². The van der Waals surface area contributed by atoms with Crippen molar-refractivity contribution in [1.82, 2.24) is 0 Å². The van der Waals surface area contributed by atoms with Crippen molar-refractivity contribution in [3.05, 3.63) is 69.8 Å². The number of benzene rings is 2. The monoisotopic (exact) mass is 369 g/mol. The zero-order valence-electron chi connectivity index (χ0n) is 14.0. The summed E-state index contributed by atoms with van der Waals surface area (Å²) in [6.45, 7) is -0.441. The summed E-state index contributed by atoms with van der Waals surface area (Å²) in [6, 6.07) is 11.2. The maximum Gasteiger partial charge on any atom is 0.270 e. The Labute approximate surface area is 153 Å². The van der Waals surface area contributed by atoms with Gasteiger partial charge in [-0.25, -0.2) is 0 Å². The molecular formula is C18H15N3O6. The first-order valence-electron chi connectivity index (χ1n) is 7.94. The molecule has 1 atom stereocenters. The van der Waals surface area contributed by atoms with Gasteiger partial charge in [-0.2, -0.15) is 0 Å². The molecule has 27 heavy (non-hydrogen) atoms. The first-order chi connectivity index (χ1) is 12.7. The lowest BCUT2D eigenvalue weighted by atomic mass is 9.88. The van der Waals surface area contributed by atoms with E-state index < -0.39 is 41.1 Å². The fraction of sp³-hybridized carbons (Fsp3) is 0.167. The van der Waals surface area contributed by atoms with Gasteiger partial charge in [0.1, 0.15) is 6.54 Å². The number of Topliss-reactive ketones (excluding diaryl/α,β-unsaturated/α-hetero) is 1. The molecule has 138 valence electrons. The molecule has 0 aliphatic carbocycles. The molecule has 0 bridgehead atoms. The number of carbonyl (C=O) groups is 3. The number of anilines is 1. The van der Waals surface area contributed by atoms with Gasteiger partial charge in [0.15, 0.2) is 11.4 Å². The van der Waals surface area contributed by atoms with Crippen LogP contribution in [0.4, 0.5) is 11.4 Å². The molecule has 0 saturated heterocycles. The third-order valence-electron chi connectivity index (χ3n) is 4.35. The molecule has 0 saturated carbocycles. The number of primary amides is 1. The molecule has 3 N–H and O–H groups in total. The van der Waals surface area contributed by atoms with Gasteiger partial charge in [0.2, 0.25) is 5.91 Å². The molecule has 0 unspecified atom stereocenters. The molecule has 0 aromatic heterocycles. The van der Waals surface area contributed by atoms with Crippen LogP contribution < -0.4 is 10.6 Å². The second-order valence-electron chi connectivity index (χ2n) is 6.14. The molecule has 0 radical (unpaired) electrons. The summed E-state index contributed by atoms with van der Waals surface area (Å²) >= 11 is 0. The van der Waals surface area contributed by atoms with Crippen molar-refractivity contribution in [2.45, 2.75) is 12.0 Å². The van der Waals surface area contributed by atoms with Gasteiger partial charge in [-0.05, 0) is 6.07 Å². The Morgan fingerprint density at radius 1 is 1.19 bits per heavy atom. The Balaban J connectivity index is 1.97. The third-order valence-corrected chi connectivity index (χ3v) is 4.35. The van der Waals surface area contributed by atoms with Crippen LogP contribution in [0.25, 0.3) is 0 Å². The van der Waals surface area contributed by atoms with E-state index in [1.807, 2.05) is 0 Å². The molecule has 3 rings (SSSR count). The van der Waals surface area contributed by atoms with E-state index in [1.165, 1.54) is 30.3 Å². The van der Waals surface area contributed by atoms with Crippen molar-refractivity contribution >= 4 is 29.0 Å². The number of hydrogen-bond donors (Lipinski definition) is 2. The van der Waals surface area contributed by atoms with Gasteiger partial charge in [0.05, 0.1) is 17.0 Å². The molecule has 0 spiro atoms. The Morgan fingerprint density at radius 2 is 1.89 bits per heavy atom. The minimum Gasteiger partial charge on any atom is -0.375 e. The van der Waals surface area contributed by atoms with Gasteiger partial charge in [0.25, 0.3) is 11.6 Å². The van der Waals surface area contributed by atoms with Crippen LogP contribution in [0.5, 0.6) is 0 Å². The lowest BCUT2D eigenvalue weighted by molar-refractivity contribution is -0.384. The molecule has 2 aromatic rings. The molecule has 1 aliphatic heterocycles. The van der Waals surface area contributed by atoms with Gasteiger partial charge in [-0.15, -0.1) is 0 Å². The SMILES string of the molecule is NC(=O)CN1C(=O)[C@](O)(CC(=O)c2cccc([N+](=O)[O-])c2)c2ccccc21. The van der Waals surface area contributed by atoms with Crippen LogP contribution in [0.2, 0.25) is 0 Å². The van der Waals surface area contributed by atoms with Crippen molar-refractivity contribution in [3.63, 3.8) is 0 Å². The van der Waals surface area contributed by atoms with Crippen LogP contribution in [0, 0.1) is 10.1 Å². The predicted octanol–water partition coefficient (Wildman–Crippen LogP) is 0.887. The maximum atomic E-state index is 12.8. The smallest absolute Gasteiger partial charge is 0.270 e. The van der Waals surface area contributed by atoms with Crippen LogP contribution in [0.1, 0.15) is 22.3 Å². The fourth-order valence-corrected chi connectivity index (χ4v) is 3.12. The normalized spacial score (nSPS) is 18.3. The highest BCUT2D eigenvalue weighted by molar-refractivity contribution is 6.12. The minimum atomic E-state index is -2.19. The second kappa shape index (κ2) is 6.61. The summed E-state index contributed by atoms with van der Waals surface area (Å²) in [7, 11) is 0. The number of non-ortho nitro benzene ring substituents is 1. The number of para-hydroxylation sites is 1. The predicted molar refractivity (Wildman–Crippen MR) is 93.9 cm³/mol. The van der Waals surface area contributed by atoms with E-state index in [-0.39, 0.29) is 22.5 Å². The van der Waals surface area contributed by atoms with Gasteiger partial charge in [-0.1, -0.05) is 30.3 Å². The summed E-state index contributed by atoms with van der Waals surface area (Å²) in [5.41, 5.74) is 3.17. The summed E-state index contributed by atoms with van der Waals surface area (Å²) in [6.07, 6.45) is -0.626. The topological polar surface area (TPSA) is 144 Å². The van der Waals surface area contributed by atoms with E-state index in [1.54, 1.807) is 12.1 Å². The summed E-state index contributed by atoms with van der Waals surface area (Å²) < 4.78 is 0. The number of aliphatic hydroxyl groups is 1. The van der Waals surface area contributed by atoms with Gasteiger partial charge >= 0.3 is 0 Å². The quantitative estimate of drug-likeness (QED) is 0.439.